The van der Waals surface area contributed by atoms with Crippen LogP contribution in [0.3, 0.4) is 0 Å². The van der Waals surface area contributed by atoms with E-state index in [1.165, 1.54) is 11.4 Å². The number of nitrogens with one attached hydrogen (secondary N) is 1. The first-order chi connectivity index (χ1) is 19.0. The molecular weight excluding hydrogens is 552 g/mol. The van der Waals surface area contributed by atoms with Crippen LogP contribution in [0.1, 0.15) is 42.9 Å². The van der Waals surface area contributed by atoms with Gasteiger partial charge in [0.25, 0.3) is 0 Å². The summed E-state index contributed by atoms with van der Waals surface area (Å²) in [6.45, 7) is 7.10. The Morgan fingerprint density at radius 2 is 1.77 bits per heavy atom. The third-order valence-electron chi connectivity index (χ3n) is 7.11. The zero-order chi connectivity index (χ0) is 29.3. The van der Waals surface area contributed by atoms with E-state index in [9.17, 15) is 18.0 Å². The van der Waals surface area contributed by atoms with Crippen molar-refractivity contribution in [1.82, 2.24) is 14.1 Å². The first kappa shape index (κ1) is 31.9. The summed E-state index contributed by atoms with van der Waals surface area (Å²) in [5.74, 6) is -0.307. The second kappa shape index (κ2) is 14.8. The van der Waals surface area contributed by atoms with Gasteiger partial charge in [0.1, 0.15) is 0 Å². The number of carbonyl (C=O) groups is 2. The maximum atomic E-state index is 13.7. The van der Waals surface area contributed by atoms with Crippen molar-refractivity contribution in [1.29, 1.82) is 0 Å². The Kier molecular flexibility index (Phi) is 11.8. The van der Waals surface area contributed by atoms with Gasteiger partial charge in [-0.2, -0.15) is 4.31 Å². The van der Waals surface area contributed by atoms with E-state index in [-0.39, 0.29) is 43.4 Å². The number of carbonyl (C=O) groups excluding carboxylic acids is 2. The van der Waals surface area contributed by atoms with E-state index in [1.807, 2.05) is 44.2 Å². The molecule has 220 valence electrons. The minimum absolute atomic E-state index is 0.0326. The number of piperidine rings is 1. The summed E-state index contributed by atoms with van der Waals surface area (Å²) in [6, 6.07) is 12.9. The predicted octanol–water partition coefficient (Wildman–Crippen LogP) is 4.67. The Morgan fingerprint density at radius 1 is 1.10 bits per heavy atom. The van der Waals surface area contributed by atoms with Crippen LogP contribution in [0.5, 0.6) is 0 Å². The molecular formula is C29H41ClN4O5S. The number of amides is 3. The van der Waals surface area contributed by atoms with Crippen LogP contribution in [-0.4, -0.2) is 86.2 Å². The summed E-state index contributed by atoms with van der Waals surface area (Å²) in [7, 11) is -2.11. The van der Waals surface area contributed by atoms with Gasteiger partial charge in [-0.05, 0) is 62.4 Å². The van der Waals surface area contributed by atoms with Crippen LogP contribution in [0.15, 0.2) is 42.5 Å². The number of likely N-dealkylation sites (tertiary alicyclic amines) is 1. The SMILES string of the molecule is CCCS(=O)(=O)N(CCOC)CC(=O)N(Cc1ccc(Cl)cc1)C1CCN(C(=O)Nc2ccc(C)cc2C)CC1. The highest BCUT2D eigenvalue weighted by molar-refractivity contribution is 7.89. The molecule has 1 heterocycles. The number of aryl methyl sites for hydroxylation is 2. The Balaban J connectivity index is 1.74. The second-order valence-electron chi connectivity index (χ2n) is 10.3. The minimum atomic E-state index is -3.61. The molecule has 3 amide bonds. The van der Waals surface area contributed by atoms with Gasteiger partial charge in [-0.15, -0.1) is 0 Å². The van der Waals surface area contributed by atoms with Gasteiger partial charge in [-0.3, -0.25) is 4.79 Å². The lowest BCUT2D eigenvalue weighted by molar-refractivity contribution is -0.135. The molecule has 3 rings (SSSR count). The average Bonchev–Trinajstić information content (AvgIpc) is 2.92. The number of ether oxygens (including phenoxy) is 1. The van der Waals surface area contributed by atoms with Crippen molar-refractivity contribution < 1.29 is 22.7 Å². The first-order valence-electron chi connectivity index (χ1n) is 13.7. The van der Waals surface area contributed by atoms with Crippen molar-refractivity contribution in [3.05, 3.63) is 64.2 Å². The molecule has 11 heteroatoms. The summed E-state index contributed by atoms with van der Waals surface area (Å²) in [4.78, 5) is 30.2. The van der Waals surface area contributed by atoms with Crippen LogP contribution in [0.25, 0.3) is 0 Å². The summed E-state index contributed by atoms with van der Waals surface area (Å²) in [6.07, 6.45) is 1.62. The fraction of sp³-hybridized carbons (Fsp3) is 0.517. The largest absolute Gasteiger partial charge is 0.383 e. The maximum Gasteiger partial charge on any atom is 0.321 e. The van der Waals surface area contributed by atoms with Gasteiger partial charge in [0.05, 0.1) is 18.9 Å². The number of hydrogen-bond acceptors (Lipinski definition) is 5. The summed E-state index contributed by atoms with van der Waals surface area (Å²) in [5, 5.41) is 3.60. The number of rotatable bonds is 12. The molecule has 0 aliphatic carbocycles. The van der Waals surface area contributed by atoms with E-state index in [0.29, 0.717) is 43.9 Å². The number of benzene rings is 2. The molecule has 9 nitrogen and oxygen atoms in total. The van der Waals surface area contributed by atoms with Gasteiger partial charge in [-0.1, -0.05) is 48.4 Å². The molecule has 0 atom stereocenters. The highest BCUT2D eigenvalue weighted by atomic mass is 35.5. The van der Waals surface area contributed by atoms with Gasteiger partial charge >= 0.3 is 6.03 Å². The van der Waals surface area contributed by atoms with Crippen molar-refractivity contribution in [3.63, 3.8) is 0 Å². The zero-order valence-electron chi connectivity index (χ0n) is 23.9. The molecule has 1 aliphatic rings. The van der Waals surface area contributed by atoms with Crippen molar-refractivity contribution in [3.8, 4) is 0 Å². The smallest absolute Gasteiger partial charge is 0.321 e. The van der Waals surface area contributed by atoms with E-state index in [1.54, 1.807) is 28.9 Å². The Hall–Kier alpha value is -2.66. The highest BCUT2D eigenvalue weighted by Crippen LogP contribution is 2.23. The van der Waals surface area contributed by atoms with Crippen LogP contribution in [0.2, 0.25) is 5.02 Å². The van der Waals surface area contributed by atoms with E-state index >= 15 is 0 Å². The number of urea groups is 1. The van der Waals surface area contributed by atoms with Crippen LogP contribution < -0.4 is 5.32 Å². The number of sulfonamides is 1. The van der Waals surface area contributed by atoms with Crippen LogP contribution in [-0.2, 0) is 26.1 Å². The van der Waals surface area contributed by atoms with Crippen LogP contribution in [0.4, 0.5) is 10.5 Å². The molecule has 0 spiro atoms. The Bertz CT molecular complexity index is 1250. The fourth-order valence-electron chi connectivity index (χ4n) is 4.87. The van der Waals surface area contributed by atoms with Gasteiger partial charge in [0.15, 0.2) is 0 Å². The molecule has 0 aromatic heterocycles. The summed E-state index contributed by atoms with van der Waals surface area (Å²) < 4.78 is 32.2. The Morgan fingerprint density at radius 3 is 2.38 bits per heavy atom. The van der Waals surface area contributed by atoms with Gasteiger partial charge in [0, 0.05) is 50.0 Å². The number of hydrogen-bond donors (Lipinski definition) is 1. The van der Waals surface area contributed by atoms with Crippen molar-refractivity contribution in [2.45, 2.75) is 52.6 Å². The van der Waals surface area contributed by atoms with Crippen LogP contribution in [0, 0.1) is 13.8 Å². The topological polar surface area (TPSA) is 99.3 Å². The lowest BCUT2D eigenvalue weighted by Crippen LogP contribution is -2.52. The van der Waals surface area contributed by atoms with E-state index < -0.39 is 10.0 Å². The standard InChI is InChI=1S/C29H41ClN4O5S/c1-5-18-40(37,38)33(16-17-39-4)21-28(35)34(20-24-7-9-25(30)10-8-24)26-12-14-32(15-13-26)29(36)31-27-11-6-22(2)19-23(27)3/h6-11,19,26H,5,12-18,20-21H2,1-4H3,(H,31,36). The third kappa shape index (κ3) is 8.92. The summed E-state index contributed by atoms with van der Waals surface area (Å²) >= 11 is 6.07. The van der Waals surface area contributed by atoms with E-state index in [0.717, 1.165) is 22.4 Å². The molecule has 2 aromatic carbocycles. The van der Waals surface area contributed by atoms with Crippen LogP contribution >= 0.6 is 11.6 Å². The molecule has 40 heavy (non-hydrogen) atoms. The molecule has 0 unspecified atom stereocenters. The highest BCUT2D eigenvalue weighted by Gasteiger charge is 2.32. The fourth-order valence-corrected chi connectivity index (χ4v) is 6.43. The maximum absolute atomic E-state index is 13.7. The molecule has 2 aromatic rings. The number of methoxy groups -OCH3 is 1. The molecule has 1 aliphatic heterocycles. The average molecular weight is 593 g/mol. The van der Waals surface area contributed by atoms with E-state index in [4.69, 9.17) is 16.3 Å². The predicted molar refractivity (Wildman–Crippen MR) is 159 cm³/mol. The Labute approximate surface area is 243 Å². The molecule has 1 fully saturated rings. The number of anilines is 1. The molecule has 0 radical (unpaired) electrons. The van der Waals surface area contributed by atoms with Gasteiger partial charge in [0.2, 0.25) is 15.9 Å². The van der Waals surface area contributed by atoms with Crippen molar-refractivity contribution in [2.24, 2.45) is 0 Å². The lowest BCUT2D eigenvalue weighted by atomic mass is 10.0. The lowest BCUT2D eigenvalue weighted by Gasteiger charge is -2.39. The number of nitrogens with zero attached hydrogens (tertiary/aromatic N) is 3. The monoisotopic (exact) mass is 592 g/mol. The van der Waals surface area contributed by atoms with Crippen molar-refractivity contribution >= 4 is 39.2 Å². The molecule has 0 bridgehead atoms. The number of halogens is 1. The van der Waals surface area contributed by atoms with Crippen molar-refractivity contribution in [2.75, 3.05) is 51.0 Å². The second-order valence-corrected chi connectivity index (χ2v) is 12.8. The third-order valence-corrected chi connectivity index (χ3v) is 9.39. The summed E-state index contributed by atoms with van der Waals surface area (Å²) in [5.41, 5.74) is 3.80. The molecule has 0 saturated carbocycles. The quantitative estimate of drug-likeness (QED) is 0.386. The molecule has 1 N–H and O–H groups in total. The first-order valence-corrected chi connectivity index (χ1v) is 15.7. The normalized spacial score (nSPS) is 14.4. The molecule has 1 saturated heterocycles. The van der Waals surface area contributed by atoms with Gasteiger partial charge in [-0.25, -0.2) is 13.2 Å². The van der Waals surface area contributed by atoms with E-state index in [2.05, 4.69) is 5.32 Å². The minimum Gasteiger partial charge on any atom is -0.383 e. The van der Waals surface area contributed by atoms with Gasteiger partial charge < -0.3 is 19.9 Å². The zero-order valence-corrected chi connectivity index (χ0v) is 25.4.